The van der Waals surface area contributed by atoms with Gasteiger partial charge in [0.2, 0.25) is 0 Å². The monoisotopic (exact) mass is 296 g/mol. The summed E-state index contributed by atoms with van der Waals surface area (Å²) in [6, 6.07) is 8.96. The molecule has 0 aromatic heterocycles. The van der Waals surface area contributed by atoms with E-state index in [2.05, 4.69) is 67.9 Å². The fourth-order valence-electron chi connectivity index (χ4n) is 1.93. The van der Waals surface area contributed by atoms with Crippen LogP contribution in [0.15, 0.2) is 24.3 Å². The van der Waals surface area contributed by atoms with Crippen LogP contribution in [0, 0.1) is 18.3 Å². The summed E-state index contributed by atoms with van der Waals surface area (Å²) in [5, 5.41) is 1.11. The molecule has 1 rings (SSSR count). The van der Waals surface area contributed by atoms with Gasteiger partial charge in [-0.3, -0.25) is 0 Å². The summed E-state index contributed by atoms with van der Waals surface area (Å²) >= 11 is 3.66. The summed E-state index contributed by atoms with van der Waals surface area (Å²) in [7, 11) is 0. The van der Waals surface area contributed by atoms with Crippen molar-refractivity contribution >= 4 is 15.9 Å². The van der Waals surface area contributed by atoms with Gasteiger partial charge in [0.25, 0.3) is 0 Å². The highest BCUT2D eigenvalue weighted by Crippen LogP contribution is 2.26. The van der Waals surface area contributed by atoms with Gasteiger partial charge < -0.3 is 0 Å². The molecule has 0 aliphatic carbocycles. The molecule has 0 saturated carbocycles. The molecule has 0 spiro atoms. The Morgan fingerprint density at radius 2 is 1.71 bits per heavy atom. The van der Waals surface area contributed by atoms with E-state index in [0.29, 0.717) is 5.41 Å². The minimum atomic E-state index is 0.452. The second-order valence-corrected chi connectivity index (χ2v) is 6.96. The van der Waals surface area contributed by atoms with Gasteiger partial charge in [-0.15, -0.1) is 0 Å². The van der Waals surface area contributed by atoms with Gasteiger partial charge in [-0.05, 0) is 43.1 Å². The van der Waals surface area contributed by atoms with Crippen molar-refractivity contribution in [1.82, 2.24) is 0 Å². The fourth-order valence-corrected chi connectivity index (χ4v) is 2.48. The summed E-state index contributed by atoms with van der Waals surface area (Å²) in [4.78, 5) is 0. The number of hydrogen-bond donors (Lipinski definition) is 0. The van der Waals surface area contributed by atoms with Gasteiger partial charge in [0, 0.05) is 5.33 Å². The Bertz CT molecular complexity index is 318. The molecule has 0 heterocycles. The Hall–Kier alpha value is -0.300. The molecule has 17 heavy (non-hydrogen) atoms. The number of hydrogen-bond acceptors (Lipinski definition) is 0. The zero-order valence-corrected chi connectivity index (χ0v) is 13.2. The minimum absolute atomic E-state index is 0.452. The molecule has 96 valence electrons. The number of aryl methyl sites for hydroxylation is 1. The maximum absolute atomic E-state index is 3.66. The molecular weight excluding hydrogens is 272 g/mol. The van der Waals surface area contributed by atoms with Crippen molar-refractivity contribution in [2.24, 2.45) is 11.3 Å². The van der Waals surface area contributed by atoms with Gasteiger partial charge in [0.15, 0.2) is 0 Å². The number of benzene rings is 1. The highest BCUT2D eigenvalue weighted by atomic mass is 79.9. The van der Waals surface area contributed by atoms with E-state index in [4.69, 9.17) is 0 Å². The van der Waals surface area contributed by atoms with Gasteiger partial charge in [0.1, 0.15) is 0 Å². The zero-order chi connectivity index (χ0) is 12.9. The maximum Gasteiger partial charge on any atom is 0.00628 e. The quantitative estimate of drug-likeness (QED) is 0.640. The smallest absolute Gasteiger partial charge is 0.00628 e. The van der Waals surface area contributed by atoms with Gasteiger partial charge >= 0.3 is 0 Å². The molecule has 1 unspecified atom stereocenters. The lowest BCUT2D eigenvalue weighted by atomic mass is 9.85. The average molecular weight is 297 g/mol. The van der Waals surface area contributed by atoms with Crippen molar-refractivity contribution in [3.63, 3.8) is 0 Å². The van der Waals surface area contributed by atoms with Crippen LogP contribution >= 0.6 is 15.9 Å². The number of halogens is 1. The van der Waals surface area contributed by atoms with Crippen molar-refractivity contribution in [2.45, 2.75) is 47.0 Å². The molecule has 0 N–H and O–H groups in total. The molecule has 1 aromatic carbocycles. The largest absolute Gasteiger partial charge is 0.0925 e. The molecule has 0 fully saturated rings. The van der Waals surface area contributed by atoms with E-state index in [1.165, 1.54) is 30.4 Å². The first-order chi connectivity index (χ1) is 7.90. The average Bonchev–Trinajstić information content (AvgIpc) is 2.25. The van der Waals surface area contributed by atoms with E-state index in [-0.39, 0.29) is 0 Å². The van der Waals surface area contributed by atoms with E-state index in [1.807, 2.05) is 0 Å². The molecule has 0 aliphatic heterocycles. The van der Waals surface area contributed by atoms with Gasteiger partial charge in [-0.2, -0.15) is 0 Å². The van der Waals surface area contributed by atoms with Crippen molar-refractivity contribution in [3.8, 4) is 0 Å². The molecule has 0 radical (unpaired) electrons. The van der Waals surface area contributed by atoms with Crippen molar-refractivity contribution < 1.29 is 0 Å². The summed E-state index contributed by atoms with van der Waals surface area (Å²) in [6.07, 6.45) is 3.80. The molecular formula is C16H25Br. The molecule has 0 aliphatic rings. The number of alkyl halides is 1. The molecule has 0 amide bonds. The molecule has 0 saturated heterocycles. The highest BCUT2D eigenvalue weighted by Gasteiger charge is 2.15. The van der Waals surface area contributed by atoms with Crippen LogP contribution in [0.5, 0.6) is 0 Å². The van der Waals surface area contributed by atoms with Gasteiger partial charge in [0.05, 0.1) is 0 Å². The first kappa shape index (κ1) is 14.8. The van der Waals surface area contributed by atoms with Crippen LogP contribution in [-0.2, 0) is 6.42 Å². The Morgan fingerprint density at radius 1 is 1.12 bits per heavy atom. The molecule has 1 heteroatoms. The normalized spacial score (nSPS) is 13.7. The lowest BCUT2D eigenvalue weighted by Gasteiger charge is -2.22. The Kier molecular flexibility index (Phi) is 5.72. The minimum Gasteiger partial charge on any atom is -0.0925 e. The third kappa shape index (κ3) is 6.26. The standard InChI is InChI=1S/C16H25Br/c1-13-5-7-14(8-6-13)11-15(12-17)9-10-16(2,3)4/h5-8,15H,9-12H2,1-4H3. The van der Waals surface area contributed by atoms with Gasteiger partial charge in [-0.1, -0.05) is 66.5 Å². The van der Waals surface area contributed by atoms with E-state index in [0.717, 1.165) is 11.2 Å². The second kappa shape index (κ2) is 6.58. The summed E-state index contributed by atoms with van der Waals surface area (Å²) in [5.74, 6) is 0.761. The maximum atomic E-state index is 3.66. The molecule has 1 atom stereocenters. The topological polar surface area (TPSA) is 0 Å². The Balaban J connectivity index is 2.49. The highest BCUT2D eigenvalue weighted by molar-refractivity contribution is 9.09. The van der Waals surface area contributed by atoms with E-state index >= 15 is 0 Å². The van der Waals surface area contributed by atoms with E-state index in [9.17, 15) is 0 Å². The Labute approximate surface area is 115 Å². The van der Waals surface area contributed by atoms with Crippen molar-refractivity contribution in [2.75, 3.05) is 5.33 Å². The van der Waals surface area contributed by atoms with Crippen LogP contribution in [0.4, 0.5) is 0 Å². The summed E-state index contributed by atoms with van der Waals surface area (Å²) in [6.45, 7) is 9.11. The second-order valence-electron chi connectivity index (χ2n) is 6.31. The lowest BCUT2D eigenvalue weighted by Crippen LogP contribution is -2.12. The first-order valence-corrected chi connectivity index (χ1v) is 7.64. The predicted octanol–water partition coefficient (Wildman–Crippen LogP) is 5.37. The lowest BCUT2D eigenvalue weighted by molar-refractivity contribution is 0.332. The van der Waals surface area contributed by atoms with Crippen LogP contribution in [0.2, 0.25) is 0 Å². The molecule has 0 bridgehead atoms. The van der Waals surface area contributed by atoms with Crippen LogP contribution in [0.25, 0.3) is 0 Å². The SMILES string of the molecule is Cc1ccc(CC(CBr)CCC(C)(C)C)cc1. The van der Waals surface area contributed by atoms with E-state index < -0.39 is 0 Å². The van der Waals surface area contributed by atoms with Crippen LogP contribution < -0.4 is 0 Å². The first-order valence-electron chi connectivity index (χ1n) is 6.52. The van der Waals surface area contributed by atoms with Crippen LogP contribution in [0.3, 0.4) is 0 Å². The fraction of sp³-hybridized carbons (Fsp3) is 0.625. The summed E-state index contributed by atoms with van der Waals surface area (Å²) < 4.78 is 0. The van der Waals surface area contributed by atoms with Crippen LogP contribution in [0.1, 0.15) is 44.7 Å². The van der Waals surface area contributed by atoms with Crippen molar-refractivity contribution in [3.05, 3.63) is 35.4 Å². The predicted molar refractivity (Wildman–Crippen MR) is 80.9 cm³/mol. The molecule has 0 nitrogen and oxygen atoms in total. The Morgan fingerprint density at radius 3 is 2.18 bits per heavy atom. The third-order valence-corrected chi connectivity index (χ3v) is 4.08. The van der Waals surface area contributed by atoms with E-state index in [1.54, 1.807) is 0 Å². The van der Waals surface area contributed by atoms with Crippen LogP contribution in [-0.4, -0.2) is 5.33 Å². The summed E-state index contributed by atoms with van der Waals surface area (Å²) in [5.41, 5.74) is 3.26. The molecule has 1 aromatic rings. The number of rotatable bonds is 5. The third-order valence-electron chi connectivity index (χ3n) is 3.17. The van der Waals surface area contributed by atoms with Gasteiger partial charge in [-0.25, -0.2) is 0 Å². The zero-order valence-electron chi connectivity index (χ0n) is 11.6. The van der Waals surface area contributed by atoms with Crippen molar-refractivity contribution in [1.29, 1.82) is 0 Å².